The van der Waals surface area contributed by atoms with Crippen molar-refractivity contribution in [2.75, 3.05) is 20.2 Å². The Labute approximate surface area is 99.1 Å². The molecule has 0 aromatic heterocycles. The van der Waals surface area contributed by atoms with E-state index < -0.39 is 0 Å². The highest BCUT2D eigenvalue weighted by Gasteiger charge is 2.29. The summed E-state index contributed by atoms with van der Waals surface area (Å²) in [6, 6.07) is 0.720. The highest BCUT2D eigenvalue weighted by molar-refractivity contribution is 4.86. The van der Waals surface area contributed by atoms with E-state index in [0.717, 1.165) is 24.4 Å². The van der Waals surface area contributed by atoms with Crippen molar-refractivity contribution in [2.45, 2.75) is 50.7 Å². The van der Waals surface area contributed by atoms with Crippen molar-refractivity contribution in [3.63, 3.8) is 0 Å². The molecule has 0 bridgehead atoms. The van der Waals surface area contributed by atoms with E-state index in [2.05, 4.69) is 5.32 Å². The molecule has 2 saturated carbocycles. The third-order valence-electron chi connectivity index (χ3n) is 4.42. The second-order valence-corrected chi connectivity index (χ2v) is 5.56. The molecule has 2 rings (SSSR count). The molecule has 0 unspecified atom stereocenters. The Hall–Kier alpha value is -0.120. The van der Waals surface area contributed by atoms with Crippen molar-refractivity contribution in [3.05, 3.63) is 0 Å². The van der Waals surface area contributed by atoms with Gasteiger partial charge in [0, 0.05) is 13.2 Å². The normalized spacial score (nSPS) is 39.4. The van der Waals surface area contributed by atoms with E-state index in [-0.39, 0.29) is 0 Å². The Morgan fingerprint density at radius 2 is 1.75 bits per heavy atom. The van der Waals surface area contributed by atoms with Crippen LogP contribution in [-0.4, -0.2) is 32.3 Å². The minimum atomic E-state index is 0.519. The average Bonchev–Trinajstić information content (AvgIpc) is 2.28. The summed E-state index contributed by atoms with van der Waals surface area (Å²) in [6.45, 7) is 2.09. The van der Waals surface area contributed by atoms with Crippen LogP contribution in [0, 0.1) is 11.8 Å². The number of methoxy groups -OCH3 is 1. The molecule has 0 aromatic carbocycles. The van der Waals surface area contributed by atoms with Crippen molar-refractivity contribution < 1.29 is 4.74 Å². The number of ether oxygens (including phenoxy) is 1. The summed E-state index contributed by atoms with van der Waals surface area (Å²) in [7, 11) is 1.81. The lowest BCUT2D eigenvalue weighted by molar-refractivity contribution is 0.0158. The van der Waals surface area contributed by atoms with Crippen LogP contribution in [0.15, 0.2) is 0 Å². The summed E-state index contributed by atoms with van der Waals surface area (Å²) >= 11 is 0. The maximum Gasteiger partial charge on any atom is 0.0601 e. The summed E-state index contributed by atoms with van der Waals surface area (Å²) in [5.74, 6) is 1.70. The first-order valence-corrected chi connectivity index (χ1v) is 6.78. The molecule has 3 heteroatoms. The summed E-state index contributed by atoms with van der Waals surface area (Å²) in [5, 5.41) is 3.67. The lowest BCUT2D eigenvalue weighted by Crippen LogP contribution is -2.46. The van der Waals surface area contributed by atoms with Crippen LogP contribution in [0.2, 0.25) is 0 Å². The van der Waals surface area contributed by atoms with E-state index in [0.29, 0.717) is 6.10 Å². The quantitative estimate of drug-likeness (QED) is 0.747. The lowest BCUT2D eigenvalue weighted by Gasteiger charge is -2.36. The largest absolute Gasteiger partial charge is 0.381 e. The van der Waals surface area contributed by atoms with Gasteiger partial charge in [0.15, 0.2) is 0 Å². The molecule has 0 spiro atoms. The van der Waals surface area contributed by atoms with Gasteiger partial charge in [-0.05, 0) is 63.5 Å². The van der Waals surface area contributed by atoms with Gasteiger partial charge in [0.2, 0.25) is 0 Å². The van der Waals surface area contributed by atoms with E-state index in [1.807, 2.05) is 7.11 Å². The van der Waals surface area contributed by atoms with Gasteiger partial charge in [0.25, 0.3) is 0 Å². The molecular formula is C13H26N2O. The molecule has 2 fully saturated rings. The average molecular weight is 226 g/mol. The Kier molecular flexibility index (Phi) is 4.62. The van der Waals surface area contributed by atoms with Crippen LogP contribution < -0.4 is 11.1 Å². The van der Waals surface area contributed by atoms with Crippen molar-refractivity contribution in [1.82, 2.24) is 5.32 Å². The topological polar surface area (TPSA) is 47.3 Å². The predicted molar refractivity (Wildman–Crippen MR) is 66.3 cm³/mol. The van der Waals surface area contributed by atoms with Gasteiger partial charge in [0.05, 0.1) is 6.10 Å². The number of nitrogens with two attached hydrogens (primary N) is 1. The maximum atomic E-state index is 5.70. The third-order valence-corrected chi connectivity index (χ3v) is 4.42. The first kappa shape index (κ1) is 12.3. The number of hydrogen-bond acceptors (Lipinski definition) is 3. The molecule has 0 saturated heterocycles. The molecule has 2 aliphatic carbocycles. The number of hydrogen-bond donors (Lipinski definition) is 2. The van der Waals surface area contributed by atoms with Crippen molar-refractivity contribution in [3.8, 4) is 0 Å². The molecule has 0 atom stereocenters. The Morgan fingerprint density at radius 1 is 1.12 bits per heavy atom. The summed E-state index contributed by atoms with van der Waals surface area (Å²) in [5.41, 5.74) is 5.70. The highest BCUT2D eigenvalue weighted by Crippen LogP contribution is 2.28. The predicted octanol–water partition coefficient (Wildman–Crippen LogP) is 1.52. The smallest absolute Gasteiger partial charge is 0.0601 e. The molecule has 94 valence electrons. The van der Waals surface area contributed by atoms with Crippen LogP contribution in [-0.2, 0) is 4.74 Å². The van der Waals surface area contributed by atoms with Gasteiger partial charge >= 0.3 is 0 Å². The van der Waals surface area contributed by atoms with Gasteiger partial charge in [-0.3, -0.25) is 0 Å². The van der Waals surface area contributed by atoms with Crippen LogP contribution in [0.25, 0.3) is 0 Å². The number of rotatable bonds is 5. The Morgan fingerprint density at radius 3 is 2.31 bits per heavy atom. The Balaban J connectivity index is 1.54. The van der Waals surface area contributed by atoms with Crippen LogP contribution in [0.1, 0.15) is 38.5 Å². The SMILES string of the molecule is COC1CC(NCC2CCC(CN)CC2)C1. The molecule has 3 N–H and O–H groups in total. The molecular weight excluding hydrogens is 200 g/mol. The molecule has 0 heterocycles. The van der Waals surface area contributed by atoms with Gasteiger partial charge < -0.3 is 15.8 Å². The minimum Gasteiger partial charge on any atom is -0.381 e. The van der Waals surface area contributed by atoms with Gasteiger partial charge in [0.1, 0.15) is 0 Å². The lowest BCUT2D eigenvalue weighted by atomic mass is 9.81. The van der Waals surface area contributed by atoms with Gasteiger partial charge in [-0.15, -0.1) is 0 Å². The summed E-state index contributed by atoms with van der Waals surface area (Å²) < 4.78 is 5.28. The molecule has 3 nitrogen and oxygen atoms in total. The van der Waals surface area contributed by atoms with Gasteiger partial charge in [-0.2, -0.15) is 0 Å². The van der Waals surface area contributed by atoms with E-state index >= 15 is 0 Å². The molecule has 0 aromatic rings. The van der Waals surface area contributed by atoms with Crippen LogP contribution >= 0.6 is 0 Å². The van der Waals surface area contributed by atoms with E-state index in [9.17, 15) is 0 Å². The van der Waals surface area contributed by atoms with E-state index in [1.165, 1.54) is 45.1 Å². The van der Waals surface area contributed by atoms with Gasteiger partial charge in [-0.1, -0.05) is 0 Å². The standard InChI is InChI=1S/C13H26N2O/c1-16-13-6-12(7-13)15-9-11-4-2-10(8-14)3-5-11/h10-13,15H,2-9,14H2,1H3. The number of nitrogens with one attached hydrogen (secondary N) is 1. The third kappa shape index (κ3) is 3.19. The Bertz CT molecular complexity index is 196. The van der Waals surface area contributed by atoms with E-state index in [4.69, 9.17) is 10.5 Å². The monoisotopic (exact) mass is 226 g/mol. The zero-order valence-corrected chi connectivity index (χ0v) is 10.5. The molecule has 0 amide bonds. The molecule has 2 aliphatic rings. The van der Waals surface area contributed by atoms with Crippen molar-refractivity contribution >= 4 is 0 Å². The zero-order valence-electron chi connectivity index (χ0n) is 10.5. The van der Waals surface area contributed by atoms with E-state index in [1.54, 1.807) is 0 Å². The zero-order chi connectivity index (χ0) is 11.4. The van der Waals surface area contributed by atoms with Crippen LogP contribution in [0.4, 0.5) is 0 Å². The van der Waals surface area contributed by atoms with Crippen LogP contribution in [0.5, 0.6) is 0 Å². The first-order valence-electron chi connectivity index (χ1n) is 6.78. The van der Waals surface area contributed by atoms with Crippen molar-refractivity contribution in [2.24, 2.45) is 17.6 Å². The van der Waals surface area contributed by atoms with Crippen molar-refractivity contribution in [1.29, 1.82) is 0 Å². The highest BCUT2D eigenvalue weighted by atomic mass is 16.5. The molecule has 16 heavy (non-hydrogen) atoms. The second-order valence-electron chi connectivity index (χ2n) is 5.56. The fourth-order valence-corrected chi connectivity index (χ4v) is 2.93. The second kappa shape index (κ2) is 5.99. The summed E-state index contributed by atoms with van der Waals surface area (Å²) in [4.78, 5) is 0. The fourth-order valence-electron chi connectivity index (χ4n) is 2.93. The molecule has 0 radical (unpaired) electrons. The molecule has 0 aliphatic heterocycles. The maximum absolute atomic E-state index is 5.70. The fraction of sp³-hybridized carbons (Fsp3) is 1.00. The minimum absolute atomic E-state index is 0.519. The van der Waals surface area contributed by atoms with Crippen LogP contribution in [0.3, 0.4) is 0 Å². The first-order chi connectivity index (χ1) is 7.81. The van der Waals surface area contributed by atoms with Gasteiger partial charge in [-0.25, -0.2) is 0 Å². The summed E-state index contributed by atoms with van der Waals surface area (Å²) in [6.07, 6.45) is 8.35.